The fourth-order valence-electron chi connectivity index (χ4n) is 2.32. The molecule has 5 nitrogen and oxygen atoms in total. The van der Waals surface area contributed by atoms with E-state index in [4.69, 9.17) is 0 Å². The molecule has 1 atom stereocenters. The number of ether oxygens (including phenoxy) is 1. The molecule has 0 aromatic rings. The number of hydrogen-bond acceptors (Lipinski definition) is 4. The number of methoxy groups -OCH3 is 1. The quantitative estimate of drug-likeness (QED) is 0.618. The largest absolute Gasteiger partial charge is 0.467 e. The van der Waals surface area contributed by atoms with Crippen LogP contribution in [0.5, 0.6) is 0 Å². The molecule has 1 rings (SSSR count). The van der Waals surface area contributed by atoms with Gasteiger partial charge < -0.3 is 4.74 Å². The van der Waals surface area contributed by atoms with Gasteiger partial charge in [-0.15, -0.1) is 0 Å². The van der Waals surface area contributed by atoms with E-state index in [1.807, 2.05) is 0 Å². The fraction of sp³-hybridized carbons (Fsp3) is 0.750. The summed E-state index contributed by atoms with van der Waals surface area (Å²) in [5.74, 6) is -1.66. The van der Waals surface area contributed by atoms with Crippen molar-refractivity contribution in [2.45, 2.75) is 43.8 Å². The van der Waals surface area contributed by atoms with E-state index in [0.29, 0.717) is 31.1 Å². The van der Waals surface area contributed by atoms with E-state index in [0.717, 1.165) is 13.5 Å². The summed E-state index contributed by atoms with van der Waals surface area (Å²) in [5, 5.41) is 0. The van der Waals surface area contributed by atoms with Gasteiger partial charge in [0.25, 0.3) is 0 Å². The summed E-state index contributed by atoms with van der Waals surface area (Å²) in [6.45, 7) is 0. The predicted molar refractivity (Wildman–Crippen MR) is 69.9 cm³/mol. The Labute approximate surface area is 121 Å². The summed E-state index contributed by atoms with van der Waals surface area (Å²) in [6.07, 6.45) is -1.09. The first kappa shape index (κ1) is 18.0. The minimum atomic E-state index is -5.11. The van der Waals surface area contributed by atoms with Gasteiger partial charge in [-0.3, -0.25) is 0 Å². The SMILES string of the molecule is COC(=O)C(CC1=CCCCC1)(NS(C)(=O)=O)C(F)(F)F. The van der Waals surface area contributed by atoms with Crippen LogP contribution in [-0.2, 0) is 19.6 Å². The minimum absolute atomic E-state index is 0.403. The summed E-state index contributed by atoms with van der Waals surface area (Å²) in [7, 11) is -3.48. The highest BCUT2D eigenvalue weighted by Gasteiger charge is 2.63. The molecule has 1 aliphatic carbocycles. The zero-order valence-corrected chi connectivity index (χ0v) is 12.6. The van der Waals surface area contributed by atoms with Crippen LogP contribution in [0, 0.1) is 0 Å². The van der Waals surface area contributed by atoms with Gasteiger partial charge >= 0.3 is 12.1 Å². The third-order valence-corrected chi connectivity index (χ3v) is 3.97. The van der Waals surface area contributed by atoms with E-state index in [-0.39, 0.29) is 0 Å². The van der Waals surface area contributed by atoms with Crippen molar-refractivity contribution in [2.75, 3.05) is 13.4 Å². The van der Waals surface area contributed by atoms with Crippen LogP contribution in [0.25, 0.3) is 0 Å². The molecule has 0 heterocycles. The Balaban J connectivity index is 3.29. The first-order chi connectivity index (χ1) is 9.52. The van der Waals surface area contributed by atoms with Crippen LogP contribution in [0.2, 0.25) is 0 Å². The highest BCUT2D eigenvalue weighted by molar-refractivity contribution is 7.88. The number of esters is 1. The number of allylic oxidation sites excluding steroid dienone is 1. The summed E-state index contributed by atoms with van der Waals surface area (Å²) >= 11 is 0. The molecular formula is C12H18F3NO4S. The fourth-order valence-corrected chi connectivity index (χ4v) is 3.22. The van der Waals surface area contributed by atoms with Gasteiger partial charge in [0.2, 0.25) is 15.6 Å². The van der Waals surface area contributed by atoms with Gasteiger partial charge in [-0.05, 0) is 25.7 Å². The first-order valence-electron chi connectivity index (χ1n) is 6.34. The van der Waals surface area contributed by atoms with Crippen molar-refractivity contribution in [3.05, 3.63) is 11.6 Å². The van der Waals surface area contributed by atoms with Gasteiger partial charge in [0.1, 0.15) is 0 Å². The van der Waals surface area contributed by atoms with E-state index < -0.39 is 34.1 Å². The lowest BCUT2D eigenvalue weighted by Gasteiger charge is -2.34. The second kappa shape index (κ2) is 6.35. The predicted octanol–water partition coefficient (Wildman–Crippen LogP) is 1.90. The monoisotopic (exact) mass is 329 g/mol. The lowest BCUT2D eigenvalue weighted by atomic mass is 9.86. The van der Waals surface area contributed by atoms with Crippen molar-refractivity contribution in [3.63, 3.8) is 0 Å². The second-order valence-electron chi connectivity index (χ2n) is 5.05. The first-order valence-corrected chi connectivity index (χ1v) is 8.23. The summed E-state index contributed by atoms with van der Waals surface area (Å²) in [4.78, 5) is 11.7. The van der Waals surface area contributed by atoms with E-state index >= 15 is 0 Å². The normalized spacial score (nSPS) is 19.6. The third kappa shape index (κ3) is 4.44. The zero-order chi connectivity index (χ0) is 16.3. The Morgan fingerprint density at radius 3 is 2.38 bits per heavy atom. The van der Waals surface area contributed by atoms with E-state index in [9.17, 15) is 26.4 Å². The van der Waals surface area contributed by atoms with Crippen LogP contribution in [-0.4, -0.2) is 39.5 Å². The maximum absolute atomic E-state index is 13.4. The molecule has 1 aliphatic rings. The van der Waals surface area contributed by atoms with Crippen molar-refractivity contribution in [1.82, 2.24) is 4.72 Å². The summed E-state index contributed by atoms with van der Waals surface area (Å²) < 4.78 is 68.6. The smallest absolute Gasteiger partial charge is 0.418 e. The lowest BCUT2D eigenvalue weighted by molar-refractivity contribution is -0.207. The number of nitrogens with one attached hydrogen (secondary N) is 1. The Kier molecular flexibility index (Phi) is 5.43. The maximum Gasteiger partial charge on any atom is 0.418 e. The Morgan fingerprint density at radius 1 is 1.38 bits per heavy atom. The van der Waals surface area contributed by atoms with Crippen LogP contribution >= 0.6 is 0 Å². The molecule has 0 radical (unpaired) electrons. The van der Waals surface area contributed by atoms with Crippen molar-refractivity contribution in [3.8, 4) is 0 Å². The number of carbonyl (C=O) groups excluding carboxylic acids is 1. The van der Waals surface area contributed by atoms with Gasteiger partial charge in [0.15, 0.2) is 0 Å². The number of hydrogen-bond donors (Lipinski definition) is 1. The van der Waals surface area contributed by atoms with Crippen LogP contribution in [0.3, 0.4) is 0 Å². The molecule has 9 heteroatoms. The molecule has 1 N–H and O–H groups in total. The molecular weight excluding hydrogens is 311 g/mol. The van der Waals surface area contributed by atoms with E-state index in [1.165, 1.54) is 4.72 Å². The molecule has 0 saturated carbocycles. The van der Waals surface area contributed by atoms with Crippen molar-refractivity contribution in [2.24, 2.45) is 0 Å². The number of sulfonamides is 1. The summed E-state index contributed by atoms with van der Waals surface area (Å²) in [6, 6.07) is 0. The topological polar surface area (TPSA) is 72.5 Å². The van der Waals surface area contributed by atoms with Gasteiger partial charge in [-0.2, -0.15) is 17.9 Å². The van der Waals surface area contributed by atoms with Gasteiger partial charge in [0, 0.05) is 6.42 Å². The van der Waals surface area contributed by atoms with Crippen molar-refractivity contribution < 1.29 is 31.1 Å². The second-order valence-corrected chi connectivity index (χ2v) is 6.80. The van der Waals surface area contributed by atoms with Crippen molar-refractivity contribution in [1.29, 1.82) is 0 Å². The van der Waals surface area contributed by atoms with Crippen LogP contribution < -0.4 is 4.72 Å². The Bertz CT molecular complexity index is 527. The number of halogens is 3. The van der Waals surface area contributed by atoms with E-state index in [1.54, 1.807) is 6.08 Å². The third-order valence-electron chi connectivity index (χ3n) is 3.25. The van der Waals surface area contributed by atoms with Gasteiger partial charge in [-0.1, -0.05) is 11.6 Å². The van der Waals surface area contributed by atoms with Gasteiger partial charge in [0.05, 0.1) is 13.4 Å². The number of rotatable bonds is 5. The highest BCUT2D eigenvalue weighted by Crippen LogP contribution is 2.39. The molecule has 0 bridgehead atoms. The molecule has 0 aliphatic heterocycles. The minimum Gasteiger partial charge on any atom is -0.467 e. The van der Waals surface area contributed by atoms with Gasteiger partial charge in [-0.25, -0.2) is 13.2 Å². The molecule has 0 aromatic carbocycles. The number of carbonyl (C=O) groups is 1. The summed E-state index contributed by atoms with van der Waals surface area (Å²) in [5.41, 5.74) is -2.88. The van der Waals surface area contributed by atoms with Crippen molar-refractivity contribution >= 4 is 16.0 Å². The number of alkyl halides is 3. The van der Waals surface area contributed by atoms with E-state index in [2.05, 4.69) is 4.74 Å². The molecule has 0 spiro atoms. The average Bonchev–Trinajstić information content (AvgIpc) is 2.35. The lowest BCUT2D eigenvalue weighted by Crippen LogP contribution is -2.64. The molecule has 0 saturated heterocycles. The maximum atomic E-state index is 13.4. The Morgan fingerprint density at radius 2 is 2.00 bits per heavy atom. The Hall–Kier alpha value is -1.09. The zero-order valence-electron chi connectivity index (χ0n) is 11.8. The molecule has 0 fully saturated rings. The standard InChI is InChI=1S/C12H18F3NO4S/c1-20-10(17)11(12(13,14)15,16-21(2,18)19)8-9-6-4-3-5-7-9/h6,16H,3-5,7-8H2,1-2H3. The highest BCUT2D eigenvalue weighted by atomic mass is 32.2. The average molecular weight is 329 g/mol. The van der Waals surface area contributed by atoms with Crippen LogP contribution in [0.1, 0.15) is 32.1 Å². The molecule has 0 aromatic heterocycles. The molecule has 21 heavy (non-hydrogen) atoms. The molecule has 0 amide bonds. The molecule has 122 valence electrons. The van der Waals surface area contributed by atoms with Crippen LogP contribution in [0.4, 0.5) is 13.2 Å². The molecule has 1 unspecified atom stereocenters. The van der Waals surface area contributed by atoms with Crippen LogP contribution in [0.15, 0.2) is 11.6 Å².